The van der Waals surface area contributed by atoms with Crippen LogP contribution in [0.15, 0.2) is 54.6 Å². The van der Waals surface area contributed by atoms with Crippen LogP contribution in [0.1, 0.15) is 24.5 Å². The Morgan fingerprint density at radius 3 is 2.43 bits per heavy atom. The monoisotopic (exact) mass is 384 g/mol. The van der Waals surface area contributed by atoms with Gasteiger partial charge in [0.1, 0.15) is 11.8 Å². The minimum absolute atomic E-state index is 0.225. The largest absolute Gasteiger partial charge is 0.508 e. The average molecular weight is 384 g/mol. The van der Waals surface area contributed by atoms with Gasteiger partial charge in [-0.3, -0.25) is 4.79 Å². The molecule has 150 valence electrons. The van der Waals surface area contributed by atoms with Crippen LogP contribution in [0.2, 0.25) is 0 Å². The predicted octanol–water partition coefficient (Wildman–Crippen LogP) is 2.20. The molecule has 0 aliphatic heterocycles. The van der Waals surface area contributed by atoms with Crippen LogP contribution in [0, 0.1) is 0 Å². The molecule has 2 aromatic carbocycles. The van der Waals surface area contributed by atoms with Gasteiger partial charge >= 0.3 is 5.97 Å². The Morgan fingerprint density at radius 1 is 1.04 bits per heavy atom. The Balaban J connectivity index is 1.95. The third kappa shape index (κ3) is 7.04. The summed E-state index contributed by atoms with van der Waals surface area (Å²) >= 11 is 0. The van der Waals surface area contributed by atoms with Gasteiger partial charge in [0, 0.05) is 0 Å². The molecular weight excluding hydrogens is 356 g/mol. The van der Waals surface area contributed by atoms with E-state index in [1.165, 1.54) is 7.11 Å². The number of phenols is 1. The van der Waals surface area contributed by atoms with Crippen molar-refractivity contribution >= 4 is 11.9 Å². The molecule has 1 amide bonds. The molecule has 0 radical (unpaired) electrons. The first-order valence-electron chi connectivity index (χ1n) is 9.43. The van der Waals surface area contributed by atoms with Gasteiger partial charge in [-0.05, 0) is 56.0 Å². The molecule has 0 saturated carbocycles. The van der Waals surface area contributed by atoms with Gasteiger partial charge in [0.25, 0.3) is 0 Å². The minimum atomic E-state index is -0.704. The fraction of sp³-hybridized carbons (Fsp3) is 0.364. The van der Waals surface area contributed by atoms with Gasteiger partial charge in [-0.1, -0.05) is 42.5 Å². The predicted molar refractivity (Wildman–Crippen MR) is 108 cm³/mol. The summed E-state index contributed by atoms with van der Waals surface area (Å²) in [4.78, 5) is 24.3. The van der Waals surface area contributed by atoms with Gasteiger partial charge < -0.3 is 20.5 Å². The summed E-state index contributed by atoms with van der Waals surface area (Å²) in [6, 6.07) is 15.9. The fourth-order valence-corrected chi connectivity index (χ4v) is 2.93. The highest BCUT2D eigenvalue weighted by atomic mass is 16.5. The Bertz CT molecular complexity index is 764. The number of hydrogen-bond acceptors (Lipinski definition) is 5. The van der Waals surface area contributed by atoms with Crippen LogP contribution in [0.4, 0.5) is 0 Å². The molecule has 0 aliphatic rings. The first kappa shape index (κ1) is 21.4. The second-order valence-electron chi connectivity index (χ2n) is 6.70. The van der Waals surface area contributed by atoms with Crippen LogP contribution in [0.5, 0.6) is 5.75 Å². The van der Waals surface area contributed by atoms with Crippen molar-refractivity contribution in [2.45, 2.75) is 38.3 Å². The number of rotatable bonds is 10. The van der Waals surface area contributed by atoms with Crippen LogP contribution in [0.25, 0.3) is 0 Å². The van der Waals surface area contributed by atoms with Gasteiger partial charge in [-0.15, -0.1) is 0 Å². The van der Waals surface area contributed by atoms with E-state index in [4.69, 9.17) is 0 Å². The highest BCUT2D eigenvalue weighted by Gasteiger charge is 2.22. The Labute approximate surface area is 165 Å². The highest BCUT2D eigenvalue weighted by molar-refractivity contribution is 5.87. The van der Waals surface area contributed by atoms with Crippen molar-refractivity contribution in [3.63, 3.8) is 0 Å². The molecule has 0 saturated heterocycles. The molecule has 6 nitrogen and oxygen atoms in total. The van der Waals surface area contributed by atoms with Crippen molar-refractivity contribution in [3.05, 3.63) is 65.7 Å². The lowest BCUT2D eigenvalue weighted by Gasteiger charge is -2.21. The van der Waals surface area contributed by atoms with Crippen LogP contribution in [0.3, 0.4) is 0 Å². The van der Waals surface area contributed by atoms with E-state index in [9.17, 15) is 14.7 Å². The summed E-state index contributed by atoms with van der Waals surface area (Å²) < 4.78 is 4.67. The quantitative estimate of drug-likeness (QED) is 0.547. The number of benzene rings is 2. The van der Waals surface area contributed by atoms with Crippen LogP contribution < -0.4 is 10.6 Å². The lowest BCUT2D eigenvalue weighted by Crippen LogP contribution is -2.50. The van der Waals surface area contributed by atoms with Crippen molar-refractivity contribution in [2.75, 3.05) is 13.7 Å². The van der Waals surface area contributed by atoms with Crippen LogP contribution in [-0.4, -0.2) is 42.7 Å². The number of hydrogen-bond donors (Lipinski definition) is 3. The zero-order valence-corrected chi connectivity index (χ0v) is 16.4. The third-order valence-electron chi connectivity index (χ3n) is 4.51. The fourth-order valence-electron chi connectivity index (χ4n) is 2.93. The molecule has 28 heavy (non-hydrogen) atoms. The highest BCUT2D eigenvalue weighted by Crippen LogP contribution is 2.11. The molecule has 2 aromatic rings. The van der Waals surface area contributed by atoms with E-state index in [1.807, 2.05) is 36.4 Å². The number of ether oxygens (including phenoxy) is 1. The molecule has 0 aliphatic carbocycles. The van der Waals surface area contributed by atoms with Crippen molar-refractivity contribution in [2.24, 2.45) is 0 Å². The maximum absolute atomic E-state index is 12.7. The number of aromatic hydroxyl groups is 1. The molecule has 2 atom stereocenters. The van der Waals surface area contributed by atoms with E-state index in [-0.39, 0.29) is 11.7 Å². The lowest BCUT2D eigenvalue weighted by atomic mass is 10.0. The zero-order valence-electron chi connectivity index (χ0n) is 16.4. The summed E-state index contributed by atoms with van der Waals surface area (Å²) in [5.41, 5.74) is 2.13. The van der Waals surface area contributed by atoms with Gasteiger partial charge in [0.2, 0.25) is 5.91 Å². The number of phenolic OH excluding ortho intramolecular Hbond substituents is 1. The van der Waals surface area contributed by atoms with Crippen molar-refractivity contribution in [1.29, 1.82) is 0 Å². The number of aryl methyl sites for hydroxylation is 1. The second kappa shape index (κ2) is 11.1. The molecule has 0 aromatic heterocycles. The van der Waals surface area contributed by atoms with Crippen molar-refractivity contribution in [3.8, 4) is 5.75 Å². The zero-order chi connectivity index (χ0) is 20.4. The topological polar surface area (TPSA) is 87.7 Å². The summed E-state index contributed by atoms with van der Waals surface area (Å²) in [5, 5.41) is 15.5. The number of nitrogens with one attached hydrogen (secondary N) is 2. The third-order valence-corrected chi connectivity index (χ3v) is 4.51. The number of carbonyl (C=O) groups is 2. The molecule has 2 rings (SSSR count). The summed E-state index contributed by atoms with van der Waals surface area (Å²) in [6.07, 6.45) is 2.02. The smallest absolute Gasteiger partial charge is 0.328 e. The lowest BCUT2D eigenvalue weighted by molar-refractivity contribution is -0.144. The number of amides is 1. The Hall–Kier alpha value is -2.86. The molecule has 6 heteroatoms. The van der Waals surface area contributed by atoms with Crippen LogP contribution >= 0.6 is 0 Å². The average Bonchev–Trinajstić information content (AvgIpc) is 2.70. The molecule has 0 bridgehead atoms. The summed E-state index contributed by atoms with van der Waals surface area (Å²) in [6.45, 7) is 2.17. The van der Waals surface area contributed by atoms with Crippen molar-refractivity contribution in [1.82, 2.24) is 10.6 Å². The molecule has 0 fully saturated rings. The summed E-state index contributed by atoms with van der Waals surface area (Å²) in [7, 11) is 1.30. The van der Waals surface area contributed by atoms with Crippen molar-refractivity contribution < 1.29 is 19.4 Å². The molecule has 3 N–H and O–H groups in total. The van der Waals surface area contributed by atoms with E-state index in [2.05, 4.69) is 15.4 Å². The number of carbonyl (C=O) groups excluding carboxylic acids is 2. The molecule has 0 spiro atoms. The van der Waals surface area contributed by atoms with E-state index in [0.717, 1.165) is 17.5 Å². The molecule has 0 heterocycles. The van der Waals surface area contributed by atoms with Gasteiger partial charge in [0.05, 0.1) is 13.2 Å². The van der Waals surface area contributed by atoms with E-state index in [1.54, 1.807) is 25.1 Å². The van der Waals surface area contributed by atoms with E-state index < -0.39 is 18.1 Å². The first-order chi connectivity index (χ1) is 13.5. The second-order valence-corrected chi connectivity index (χ2v) is 6.70. The van der Waals surface area contributed by atoms with Gasteiger partial charge in [-0.2, -0.15) is 0 Å². The summed E-state index contributed by atoms with van der Waals surface area (Å²) in [5.74, 6) is -0.484. The maximum atomic E-state index is 12.7. The van der Waals surface area contributed by atoms with E-state index in [0.29, 0.717) is 19.4 Å². The van der Waals surface area contributed by atoms with Gasteiger partial charge in [-0.25, -0.2) is 4.79 Å². The normalized spacial score (nSPS) is 12.8. The Kier molecular flexibility index (Phi) is 8.49. The molecule has 2 unspecified atom stereocenters. The standard InChI is InChI=1S/C22H28N2O4/c1-16(22(27)28-2)24-21(26)20(12-11-17-7-4-3-5-8-17)23-14-13-18-9-6-10-19(25)15-18/h3-10,15-16,20,23,25H,11-14H2,1-2H3,(H,24,26). The Morgan fingerprint density at radius 2 is 1.75 bits per heavy atom. The number of methoxy groups -OCH3 is 1. The SMILES string of the molecule is COC(=O)C(C)NC(=O)C(CCc1ccccc1)NCCc1cccc(O)c1. The van der Waals surface area contributed by atoms with E-state index >= 15 is 0 Å². The maximum Gasteiger partial charge on any atom is 0.328 e. The minimum Gasteiger partial charge on any atom is -0.508 e. The van der Waals surface area contributed by atoms with Gasteiger partial charge in [0.15, 0.2) is 0 Å². The molecular formula is C22H28N2O4. The first-order valence-corrected chi connectivity index (χ1v) is 9.43. The van der Waals surface area contributed by atoms with Crippen LogP contribution in [-0.2, 0) is 27.2 Å². The number of esters is 1.